The van der Waals surface area contributed by atoms with Gasteiger partial charge in [-0.15, -0.1) is 0 Å². The van der Waals surface area contributed by atoms with Gasteiger partial charge in [-0.3, -0.25) is 0 Å². The van der Waals surface area contributed by atoms with Crippen molar-refractivity contribution in [1.29, 1.82) is 0 Å². The second-order valence-corrected chi connectivity index (χ2v) is 8.33. The van der Waals surface area contributed by atoms with Gasteiger partial charge < -0.3 is 5.73 Å². The average Bonchev–Trinajstić information content (AvgIpc) is 2.54. The molecule has 0 heterocycles. The Morgan fingerprint density at radius 3 is 1.30 bits per heavy atom. The summed E-state index contributed by atoms with van der Waals surface area (Å²) in [4.78, 5) is 0. The van der Waals surface area contributed by atoms with Crippen LogP contribution in [-0.4, -0.2) is 6.04 Å². The summed E-state index contributed by atoms with van der Waals surface area (Å²) < 4.78 is 0. The van der Waals surface area contributed by atoms with Gasteiger partial charge in [-0.1, -0.05) is 118 Å². The minimum Gasteiger partial charge on any atom is -0.327 e. The lowest BCUT2D eigenvalue weighted by Gasteiger charge is -2.30. The van der Waals surface area contributed by atoms with Crippen LogP contribution >= 0.6 is 0 Å². The summed E-state index contributed by atoms with van der Waals surface area (Å²) in [6.45, 7) is 9.16. The Kier molecular flexibility index (Phi) is 15.5. The van der Waals surface area contributed by atoms with E-state index in [2.05, 4.69) is 27.7 Å². The lowest BCUT2D eigenvalue weighted by atomic mass is 9.80. The fourth-order valence-corrected chi connectivity index (χ4v) is 3.21. The number of hydrogen-bond acceptors (Lipinski definition) is 1. The molecule has 0 saturated heterocycles. The zero-order valence-corrected chi connectivity index (χ0v) is 17.0. The van der Waals surface area contributed by atoms with Gasteiger partial charge in [0.25, 0.3) is 0 Å². The highest BCUT2D eigenvalue weighted by Crippen LogP contribution is 2.26. The van der Waals surface area contributed by atoms with Crippen LogP contribution in [0.3, 0.4) is 0 Å². The van der Waals surface area contributed by atoms with E-state index in [0.717, 1.165) is 0 Å². The van der Waals surface area contributed by atoms with Gasteiger partial charge in [-0.05, 0) is 18.3 Å². The molecule has 1 unspecified atom stereocenters. The third-order valence-corrected chi connectivity index (χ3v) is 5.78. The number of nitrogens with two attached hydrogens (primary N) is 1. The van der Waals surface area contributed by atoms with Gasteiger partial charge >= 0.3 is 0 Å². The van der Waals surface area contributed by atoms with Gasteiger partial charge in [0.2, 0.25) is 0 Å². The van der Waals surface area contributed by atoms with Crippen molar-refractivity contribution in [2.75, 3.05) is 0 Å². The molecule has 0 radical (unpaired) electrons. The van der Waals surface area contributed by atoms with Crippen molar-refractivity contribution in [1.82, 2.24) is 0 Å². The molecule has 0 aromatic heterocycles. The molecule has 2 N–H and O–H groups in total. The fourth-order valence-electron chi connectivity index (χ4n) is 3.21. The van der Waals surface area contributed by atoms with Crippen LogP contribution in [0.5, 0.6) is 0 Å². The van der Waals surface area contributed by atoms with Gasteiger partial charge in [-0.25, -0.2) is 0 Å². The predicted octanol–water partition coefficient (Wildman–Crippen LogP) is 7.62. The summed E-state index contributed by atoms with van der Waals surface area (Å²) in [6.07, 6.45) is 22.4. The molecule has 1 nitrogen and oxygen atoms in total. The maximum Gasteiger partial charge on any atom is 0.00901 e. The second-order valence-electron chi connectivity index (χ2n) is 8.33. The second kappa shape index (κ2) is 15.5. The first-order chi connectivity index (χ1) is 11.0. The smallest absolute Gasteiger partial charge is 0.00901 e. The zero-order chi connectivity index (χ0) is 17.4. The van der Waals surface area contributed by atoms with Crippen molar-refractivity contribution in [3.8, 4) is 0 Å². The molecule has 1 atom stereocenters. The summed E-state index contributed by atoms with van der Waals surface area (Å²) in [6, 6.07) is 0.379. The number of unbranched alkanes of at least 4 members (excludes halogenated alkanes) is 13. The standard InChI is InChI=1S/C22H47N/c1-5-7-8-9-10-11-12-13-14-15-16-17-18-19-20-21(23)22(3,4)6-2/h21H,5-20,23H2,1-4H3. The van der Waals surface area contributed by atoms with E-state index in [1.807, 2.05) is 0 Å². The van der Waals surface area contributed by atoms with Crippen LogP contribution in [-0.2, 0) is 0 Å². The quantitative estimate of drug-likeness (QED) is 0.273. The van der Waals surface area contributed by atoms with E-state index in [4.69, 9.17) is 5.73 Å². The Labute approximate surface area is 148 Å². The van der Waals surface area contributed by atoms with E-state index in [1.165, 1.54) is 103 Å². The molecule has 0 fully saturated rings. The first kappa shape index (κ1) is 23.0. The normalized spacial score (nSPS) is 13.4. The van der Waals surface area contributed by atoms with Gasteiger partial charge in [0.05, 0.1) is 0 Å². The maximum absolute atomic E-state index is 6.31. The fraction of sp³-hybridized carbons (Fsp3) is 1.00. The van der Waals surface area contributed by atoms with Gasteiger partial charge in [0, 0.05) is 6.04 Å². The van der Waals surface area contributed by atoms with Crippen molar-refractivity contribution in [2.45, 2.75) is 136 Å². The summed E-state index contributed by atoms with van der Waals surface area (Å²) in [5.41, 5.74) is 6.63. The summed E-state index contributed by atoms with van der Waals surface area (Å²) >= 11 is 0. The minimum atomic E-state index is 0.316. The first-order valence-corrected chi connectivity index (χ1v) is 10.8. The third-order valence-electron chi connectivity index (χ3n) is 5.78. The lowest BCUT2D eigenvalue weighted by molar-refractivity contribution is 0.257. The topological polar surface area (TPSA) is 26.0 Å². The molecular weight excluding hydrogens is 278 g/mol. The maximum atomic E-state index is 6.31. The highest BCUT2D eigenvalue weighted by atomic mass is 14.7. The van der Waals surface area contributed by atoms with Crippen molar-refractivity contribution in [3.05, 3.63) is 0 Å². The Morgan fingerprint density at radius 1 is 0.609 bits per heavy atom. The molecule has 140 valence electrons. The van der Waals surface area contributed by atoms with E-state index < -0.39 is 0 Å². The highest BCUT2D eigenvalue weighted by Gasteiger charge is 2.23. The molecular formula is C22H47N. The lowest BCUT2D eigenvalue weighted by Crippen LogP contribution is -2.36. The summed E-state index contributed by atoms with van der Waals surface area (Å²) in [5, 5.41) is 0. The van der Waals surface area contributed by atoms with Crippen molar-refractivity contribution in [3.63, 3.8) is 0 Å². The van der Waals surface area contributed by atoms with E-state index in [-0.39, 0.29) is 0 Å². The Bertz CT molecular complexity index is 234. The van der Waals surface area contributed by atoms with Crippen LogP contribution in [0.4, 0.5) is 0 Å². The van der Waals surface area contributed by atoms with Crippen LogP contribution < -0.4 is 5.73 Å². The molecule has 0 aliphatic carbocycles. The molecule has 0 saturated carbocycles. The van der Waals surface area contributed by atoms with Gasteiger partial charge in [0.1, 0.15) is 0 Å². The summed E-state index contributed by atoms with van der Waals surface area (Å²) in [7, 11) is 0. The molecule has 0 amide bonds. The summed E-state index contributed by atoms with van der Waals surface area (Å²) in [5.74, 6) is 0. The Hall–Kier alpha value is -0.0400. The molecule has 0 aromatic carbocycles. The van der Waals surface area contributed by atoms with Crippen LogP contribution in [0, 0.1) is 5.41 Å². The Morgan fingerprint density at radius 2 is 0.957 bits per heavy atom. The SMILES string of the molecule is CCCCCCCCCCCCCCCCC(N)C(C)(C)CC. The highest BCUT2D eigenvalue weighted by molar-refractivity contribution is 4.79. The molecule has 1 heteroatoms. The van der Waals surface area contributed by atoms with Crippen molar-refractivity contribution in [2.24, 2.45) is 11.1 Å². The van der Waals surface area contributed by atoms with Crippen molar-refractivity contribution < 1.29 is 0 Å². The molecule has 0 spiro atoms. The van der Waals surface area contributed by atoms with E-state index in [0.29, 0.717) is 11.5 Å². The largest absolute Gasteiger partial charge is 0.327 e. The van der Waals surface area contributed by atoms with Gasteiger partial charge in [0.15, 0.2) is 0 Å². The molecule has 0 aromatic rings. The van der Waals surface area contributed by atoms with Crippen LogP contribution in [0.1, 0.15) is 130 Å². The minimum absolute atomic E-state index is 0.316. The number of rotatable bonds is 17. The predicted molar refractivity (Wildman–Crippen MR) is 107 cm³/mol. The molecule has 23 heavy (non-hydrogen) atoms. The third kappa shape index (κ3) is 14.0. The van der Waals surface area contributed by atoms with Crippen LogP contribution in [0.25, 0.3) is 0 Å². The van der Waals surface area contributed by atoms with Crippen LogP contribution in [0.2, 0.25) is 0 Å². The number of hydrogen-bond donors (Lipinski definition) is 1. The van der Waals surface area contributed by atoms with E-state index >= 15 is 0 Å². The Balaban J connectivity index is 3.19. The van der Waals surface area contributed by atoms with Crippen LogP contribution in [0.15, 0.2) is 0 Å². The zero-order valence-electron chi connectivity index (χ0n) is 17.0. The van der Waals surface area contributed by atoms with E-state index in [9.17, 15) is 0 Å². The molecule has 0 bridgehead atoms. The molecule has 0 aliphatic heterocycles. The first-order valence-electron chi connectivity index (χ1n) is 10.8. The average molecular weight is 326 g/mol. The van der Waals surface area contributed by atoms with Crippen molar-refractivity contribution >= 4 is 0 Å². The molecule has 0 aliphatic rings. The molecule has 0 rings (SSSR count). The van der Waals surface area contributed by atoms with Gasteiger partial charge in [-0.2, -0.15) is 0 Å². The van der Waals surface area contributed by atoms with E-state index in [1.54, 1.807) is 0 Å². The monoisotopic (exact) mass is 325 g/mol.